The molecule has 1 aliphatic carbocycles. The first-order chi connectivity index (χ1) is 8.61. The van der Waals surface area contributed by atoms with Crippen molar-refractivity contribution in [3.05, 3.63) is 34.4 Å². The van der Waals surface area contributed by atoms with E-state index < -0.39 is 0 Å². The Balaban J connectivity index is 2.45. The minimum Gasteiger partial charge on any atom is -0.508 e. The van der Waals surface area contributed by atoms with Crippen molar-refractivity contribution >= 4 is 23.3 Å². The Hall–Kier alpha value is -1.86. The molecule has 1 aromatic rings. The highest BCUT2D eigenvalue weighted by Crippen LogP contribution is 2.31. The van der Waals surface area contributed by atoms with Crippen LogP contribution in [0.4, 0.5) is 0 Å². The summed E-state index contributed by atoms with van der Waals surface area (Å²) >= 11 is 4.79. The van der Waals surface area contributed by atoms with E-state index >= 15 is 0 Å². The fourth-order valence-corrected chi connectivity index (χ4v) is 2.38. The normalized spacial score (nSPS) is 14.7. The van der Waals surface area contributed by atoms with E-state index in [0.717, 1.165) is 42.4 Å². The summed E-state index contributed by atoms with van der Waals surface area (Å²) in [6, 6.07) is 5.63. The number of thiocarbonyl (C=S) groups is 1. The van der Waals surface area contributed by atoms with Crippen LogP contribution in [0.15, 0.2) is 17.7 Å². The lowest BCUT2D eigenvalue weighted by Gasteiger charge is -2.17. The number of nitrogens with zero attached hydrogens (tertiary/aromatic N) is 1. The van der Waals surface area contributed by atoms with Gasteiger partial charge in [0.05, 0.1) is 5.57 Å². The molecule has 4 heteroatoms. The SMILES string of the molecule is N#C/C(=C/c1cc(O)c2c(c1)CCCC2)C(N)=S. The van der Waals surface area contributed by atoms with Crippen molar-refractivity contribution < 1.29 is 5.11 Å². The number of phenolic OH excluding ortho intramolecular Hbond substituents is 1. The molecule has 0 unspecified atom stereocenters. The topological polar surface area (TPSA) is 70.0 Å². The first kappa shape index (κ1) is 12.6. The first-order valence-corrected chi connectivity index (χ1v) is 6.29. The number of hydrogen-bond donors (Lipinski definition) is 2. The van der Waals surface area contributed by atoms with Gasteiger partial charge in [0.25, 0.3) is 0 Å². The van der Waals surface area contributed by atoms with Gasteiger partial charge in [0.2, 0.25) is 0 Å². The second-order valence-electron chi connectivity index (χ2n) is 4.42. The van der Waals surface area contributed by atoms with Crippen LogP contribution in [0, 0.1) is 11.3 Å². The standard InChI is InChI=1S/C14H14N2OS/c15-8-11(14(16)18)6-9-5-10-3-1-2-4-12(10)13(17)7-9/h5-7,17H,1-4H2,(H2,16,18)/b11-6-. The molecule has 0 saturated carbocycles. The third-order valence-corrected chi connectivity index (χ3v) is 3.38. The second-order valence-corrected chi connectivity index (χ2v) is 4.86. The molecule has 0 fully saturated rings. The summed E-state index contributed by atoms with van der Waals surface area (Å²) in [4.78, 5) is 0.0784. The zero-order valence-corrected chi connectivity index (χ0v) is 10.8. The van der Waals surface area contributed by atoms with Crippen LogP contribution in [0.3, 0.4) is 0 Å². The summed E-state index contributed by atoms with van der Waals surface area (Å²) in [5, 5.41) is 18.9. The lowest BCUT2D eigenvalue weighted by atomic mass is 9.89. The van der Waals surface area contributed by atoms with E-state index in [0.29, 0.717) is 5.75 Å². The predicted octanol–water partition coefficient (Wildman–Crippen LogP) is 2.46. The highest BCUT2D eigenvalue weighted by Gasteiger charge is 2.14. The third-order valence-electron chi connectivity index (χ3n) is 3.16. The molecule has 0 heterocycles. The number of fused-ring (bicyclic) bond motifs is 1. The molecule has 3 nitrogen and oxygen atoms in total. The molecule has 0 radical (unpaired) electrons. The van der Waals surface area contributed by atoms with Crippen molar-refractivity contribution in [2.24, 2.45) is 5.73 Å². The van der Waals surface area contributed by atoms with Crippen LogP contribution in [0.25, 0.3) is 6.08 Å². The Labute approximate surface area is 112 Å². The van der Waals surface area contributed by atoms with Gasteiger partial charge in [-0.25, -0.2) is 0 Å². The van der Waals surface area contributed by atoms with Crippen molar-refractivity contribution in [1.29, 1.82) is 5.26 Å². The highest BCUT2D eigenvalue weighted by atomic mass is 32.1. The van der Waals surface area contributed by atoms with Crippen LogP contribution in [0.2, 0.25) is 0 Å². The molecule has 3 N–H and O–H groups in total. The van der Waals surface area contributed by atoms with Gasteiger partial charge in [0.1, 0.15) is 16.8 Å². The number of aryl methyl sites for hydroxylation is 1. The minimum absolute atomic E-state index is 0.0784. The van der Waals surface area contributed by atoms with Gasteiger partial charge in [-0.1, -0.05) is 18.3 Å². The van der Waals surface area contributed by atoms with Gasteiger partial charge in [-0.15, -0.1) is 0 Å². The maximum absolute atomic E-state index is 9.99. The number of hydrogen-bond acceptors (Lipinski definition) is 3. The molecule has 2 rings (SSSR count). The highest BCUT2D eigenvalue weighted by molar-refractivity contribution is 7.80. The van der Waals surface area contributed by atoms with Crippen LogP contribution in [-0.4, -0.2) is 10.1 Å². The summed E-state index contributed by atoms with van der Waals surface area (Å²) in [5.41, 5.74) is 8.68. The summed E-state index contributed by atoms with van der Waals surface area (Å²) in [7, 11) is 0. The number of phenols is 1. The Kier molecular flexibility index (Phi) is 3.63. The molecule has 0 bridgehead atoms. The molecular formula is C14H14N2OS. The average Bonchev–Trinajstić information content (AvgIpc) is 2.35. The number of nitrogens with two attached hydrogens (primary N) is 1. The van der Waals surface area contributed by atoms with Crippen LogP contribution >= 0.6 is 12.2 Å². The van der Waals surface area contributed by atoms with E-state index in [2.05, 4.69) is 0 Å². The molecule has 0 atom stereocenters. The van der Waals surface area contributed by atoms with Crippen molar-refractivity contribution in [3.8, 4) is 11.8 Å². The quantitative estimate of drug-likeness (QED) is 0.485. The zero-order valence-electron chi connectivity index (χ0n) is 9.94. The van der Waals surface area contributed by atoms with Crippen molar-refractivity contribution in [3.63, 3.8) is 0 Å². The third kappa shape index (κ3) is 2.52. The summed E-state index contributed by atoms with van der Waals surface area (Å²) in [6.07, 6.45) is 5.77. The molecule has 1 aromatic carbocycles. The molecule has 0 amide bonds. The minimum atomic E-state index is 0.0784. The van der Waals surface area contributed by atoms with Gasteiger partial charge in [0.15, 0.2) is 0 Å². The van der Waals surface area contributed by atoms with E-state index in [4.69, 9.17) is 23.2 Å². The molecule has 0 saturated heterocycles. The predicted molar refractivity (Wildman–Crippen MR) is 75.1 cm³/mol. The Morgan fingerprint density at radius 2 is 2.11 bits per heavy atom. The lowest BCUT2D eigenvalue weighted by molar-refractivity contribution is 0.462. The fraction of sp³-hybridized carbons (Fsp3) is 0.286. The van der Waals surface area contributed by atoms with Crippen LogP contribution in [-0.2, 0) is 12.8 Å². The Bertz CT molecular complexity index is 570. The van der Waals surface area contributed by atoms with E-state index in [1.54, 1.807) is 12.1 Å². The zero-order chi connectivity index (χ0) is 13.1. The molecular weight excluding hydrogens is 244 g/mol. The van der Waals surface area contributed by atoms with Gasteiger partial charge < -0.3 is 10.8 Å². The van der Waals surface area contributed by atoms with Crippen LogP contribution in [0.1, 0.15) is 29.5 Å². The number of rotatable bonds is 2. The largest absolute Gasteiger partial charge is 0.508 e. The van der Waals surface area contributed by atoms with Crippen molar-refractivity contribution in [1.82, 2.24) is 0 Å². The average molecular weight is 258 g/mol. The molecule has 1 aliphatic rings. The van der Waals surface area contributed by atoms with Gasteiger partial charge in [-0.2, -0.15) is 5.26 Å². The fourth-order valence-electron chi connectivity index (χ4n) is 2.28. The van der Waals surface area contributed by atoms with E-state index in [1.165, 1.54) is 0 Å². The van der Waals surface area contributed by atoms with E-state index in [-0.39, 0.29) is 10.6 Å². The summed E-state index contributed by atoms with van der Waals surface area (Å²) < 4.78 is 0. The Morgan fingerprint density at radius 1 is 1.39 bits per heavy atom. The molecule has 0 spiro atoms. The van der Waals surface area contributed by atoms with Crippen molar-refractivity contribution in [2.75, 3.05) is 0 Å². The maximum Gasteiger partial charge on any atom is 0.119 e. The molecule has 0 aromatic heterocycles. The van der Waals surface area contributed by atoms with Crippen LogP contribution in [0.5, 0.6) is 5.75 Å². The van der Waals surface area contributed by atoms with Gasteiger partial charge in [-0.05, 0) is 54.5 Å². The monoisotopic (exact) mass is 258 g/mol. The number of benzene rings is 1. The van der Waals surface area contributed by atoms with Crippen molar-refractivity contribution in [2.45, 2.75) is 25.7 Å². The lowest BCUT2D eigenvalue weighted by Crippen LogP contribution is -2.09. The van der Waals surface area contributed by atoms with Gasteiger partial charge in [0, 0.05) is 0 Å². The Morgan fingerprint density at radius 3 is 2.78 bits per heavy atom. The molecule has 0 aliphatic heterocycles. The van der Waals surface area contributed by atoms with Gasteiger partial charge >= 0.3 is 0 Å². The summed E-state index contributed by atoms with van der Waals surface area (Å²) in [5.74, 6) is 0.304. The second kappa shape index (κ2) is 5.19. The van der Waals surface area contributed by atoms with E-state index in [1.807, 2.05) is 12.1 Å². The van der Waals surface area contributed by atoms with E-state index in [9.17, 15) is 5.11 Å². The molecule has 18 heavy (non-hydrogen) atoms. The number of aromatic hydroxyl groups is 1. The maximum atomic E-state index is 9.99. The van der Waals surface area contributed by atoms with Gasteiger partial charge in [-0.3, -0.25) is 0 Å². The first-order valence-electron chi connectivity index (χ1n) is 5.88. The number of nitriles is 1. The smallest absolute Gasteiger partial charge is 0.119 e. The van der Waals surface area contributed by atoms with Crippen LogP contribution < -0.4 is 5.73 Å². The molecule has 92 valence electrons. The summed E-state index contributed by atoms with van der Waals surface area (Å²) in [6.45, 7) is 0.